The summed E-state index contributed by atoms with van der Waals surface area (Å²) < 4.78 is 5.24. The summed E-state index contributed by atoms with van der Waals surface area (Å²) in [6.07, 6.45) is 4.36. The van der Waals surface area contributed by atoms with Crippen molar-refractivity contribution < 1.29 is 9.21 Å². The Morgan fingerprint density at radius 3 is 2.71 bits per heavy atom. The van der Waals surface area contributed by atoms with Crippen molar-refractivity contribution in [1.82, 2.24) is 15.2 Å². The highest BCUT2D eigenvalue weighted by Crippen LogP contribution is 2.25. The third-order valence-corrected chi connectivity index (χ3v) is 4.72. The summed E-state index contributed by atoms with van der Waals surface area (Å²) in [5, 5.41) is 3.73. The fourth-order valence-electron chi connectivity index (χ4n) is 3.18. The Bertz CT molecular complexity index is 678. The van der Waals surface area contributed by atoms with Gasteiger partial charge in [0.1, 0.15) is 5.76 Å². The molecule has 1 fully saturated rings. The minimum atomic E-state index is -0.182. The van der Waals surface area contributed by atoms with E-state index in [9.17, 15) is 4.79 Å². The third-order valence-electron chi connectivity index (χ3n) is 4.47. The average Bonchev–Trinajstić information content (AvgIpc) is 3.27. The van der Waals surface area contributed by atoms with Gasteiger partial charge in [0, 0.05) is 18.0 Å². The largest absolute Gasteiger partial charge is 0.448 e. The predicted molar refractivity (Wildman–Crippen MR) is 93.2 cm³/mol. The van der Waals surface area contributed by atoms with Gasteiger partial charge >= 0.3 is 0 Å². The van der Waals surface area contributed by atoms with Crippen molar-refractivity contribution in [3.63, 3.8) is 0 Å². The topological polar surface area (TPSA) is 58.4 Å². The van der Waals surface area contributed by atoms with Crippen molar-refractivity contribution >= 4 is 17.5 Å². The van der Waals surface area contributed by atoms with Crippen LogP contribution in [-0.4, -0.2) is 35.4 Å². The first kappa shape index (κ1) is 17.0. The van der Waals surface area contributed by atoms with Gasteiger partial charge in [0.15, 0.2) is 12.1 Å². The Morgan fingerprint density at radius 2 is 2.04 bits per heavy atom. The summed E-state index contributed by atoms with van der Waals surface area (Å²) in [5.41, 5.74) is 1.55. The molecule has 1 aliphatic heterocycles. The van der Waals surface area contributed by atoms with Crippen LogP contribution >= 0.6 is 11.6 Å². The van der Waals surface area contributed by atoms with E-state index in [1.165, 1.54) is 19.2 Å². The van der Waals surface area contributed by atoms with Gasteiger partial charge in [0.25, 0.3) is 5.91 Å². The molecule has 0 aliphatic carbocycles. The quantitative estimate of drug-likeness (QED) is 0.869. The van der Waals surface area contributed by atoms with E-state index in [2.05, 4.69) is 15.2 Å². The normalized spacial score (nSPS) is 16.2. The van der Waals surface area contributed by atoms with Crippen LogP contribution in [0.4, 0.5) is 0 Å². The SMILES string of the molecule is CCc1ocnc1C(=O)NC[C@H](c1ccc(Cl)cc1)N1CCCC1. The van der Waals surface area contributed by atoms with Crippen LogP contribution in [0.2, 0.25) is 5.02 Å². The number of oxazole rings is 1. The van der Waals surface area contributed by atoms with Crippen LogP contribution in [0.5, 0.6) is 0 Å². The van der Waals surface area contributed by atoms with Crippen LogP contribution < -0.4 is 5.32 Å². The predicted octanol–water partition coefficient (Wildman–Crippen LogP) is 3.46. The van der Waals surface area contributed by atoms with Crippen LogP contribution in [0.25, 0.3) is 0 Å². The molecule has 0 bridgehead atoms. The highest BCUT2D eigenvalue weighted by Gasteiger charge is 2.25. The molecule has 1 aromatic heterocycles. The first-order valence-corrected chi connectivity index (χ1v) is 8.77. The molecule has 6 heteroatoms. The Morgan fingerprint density at radius 1 is 1.33 bits per heavy atom. The van der Waals surface area contributed by atoms with Gasteiger partial charge in [0.05, 0.1) is 6.04 Å². The molecule has 0 radical (unpaired) electrons. The van der Waals surface area contributed by atoms with Crippen LogP contribution in [0, 0.1) is 0 Å². The van der Waals surface area contributed by atoms with E-state index in [0.717, 1.165) is 23.7 Å². The van der Waals surface area contributed by atoms with Gasteiger partial charge in [-0.05, 0) is 43.6 Å². The molecule has 2 aromatic rings. The second-order valence-corrected chi connectivity index (χ2v) is 6.43. The number of halogens is 1. The van der Waals surface area contributed by atoms with E-state index < -0.39 is 0 Å². The number of aromatic nitrogens is 1. The maximum Gasteiger partial charge on any atom is 0.273 e. The van der Waals surface area contributed by atoms with E-state index in [-0.39, 0.29) is 11.9 Å². The zero-order chi connectivity index (χ0) is 16.9. The molecule has 0 unspecified atom stereocenters. The van der Waals surface area contributed by atoms with E-state index in [4.69, 9.17) is 16.0 Å². The number of carbonyl (C=O) groups excluding carboxylic acids is 1. The maximum atomic E-state index is 12.4. The van der Waals surface area contributed by atoms with E-state index in [0.29, 0.717) is 24.4 Å². The highest BCUT2D eigenvalue weighted by molar-refractivity contribution is 6.30. The van der Waals surface area contributed by atoms with Gasteiger partial charge in [-0.15, -0.1) is 0 Å². The number of benzene rings is 1. The molecule has 5 nitrogen and oxygen atoms in total. The fourth-order valence-corrected chi connectivity index (χ4v) is 3.30. The molecule has 24 heavy (non-hydrogen) atoms. The second kappa shape index (κ2) is 7.81. The molecule has 1 atom stereocenters. The van der Waals surface area contributed by atoms with E-state index >= 15 is 0 Å². The number of hydrogen-bond acceptors (Lipinski definition) is 4. The molecular formula is C18H22ClN3O2. The van der Waals surface area contributed by atoms with E-state index in [1.807, 2.05) is 31.2 Å². The lowest BCUT2D eigenvalue weighted by molar-refractivity contribution is 0.0931. The van der Waals surface area contributed by atoms with Gasteiger partial charge in [-0.2, -0.15) is 0 Å². The first-order valence-electron chi connectivity index (χ1n) is 8.39. The number of amides is 1. The van der Waals surface area contributed by atoms with Gasteiger partial charge in [-0.3, -0.25) is 9.69 Å². The van der Waals surface area contributed by atoms with Crippen molar-refractivity contribution in [1.29, 1.82) is 0 Å². The number of aryl methyl sites for hydroxylation is 1. The van der Waals surface area contributed by atoms with Gasteiger partial charge in [-0.1, -0.05) is 30.7 Å². The van der Waals surface area contributed by atoms with Crippen molar-refractivity contribution in [2.24, 2.45) is 0 Å². The molecule has 1 N–H and O–H groups in total. The standard InChI is InChI=1S/C18H22ClN3O2/c1-2-16-17(21-12-24-16)18(23)20-11-15(22-9-3-4-10-22)13-5-7-14(19)8-6-13/h5-8,12,15H,2-4,9-11H2,1H3,(H,20,23)/t15-/m1/s1. The molecule has 1 aliphatic rings. The minimum Gasteiger partial charge on any atom is -0.448 e. The summed E-state index contributed by atoms with van der Waals surface area (Å²) in [6, 6.07) is 8.00. The van der Waals surface area contributed by atoms with Crippen molar-refractivity contribution in [2.75, 3.05) is 19.6 Å². The molecule has 128 valence electrons. The number of nitrogens with zero attached hydrogens (tertiary/aromatic N) is 2. The number of hydrogen-bond donors (Lipinski definition) is 1. The highest BCUT2D eigenvalue weighted by atomic mass is 35.5. The Balaban J connectivity index is 1.72. The molecule has 1 aromatic carbocycles. The molecule has 3 rings (SSSR count). The zero-order valence-corrected chi connectivity index (χ0v) is 14.6. The lowest BCUT2D eigenvalue weighted by Crippen LogP contribution is -2.37. The number of rotatable bonds is 6. The monoisotopic (exact) mass is 347 g/mol. The summed E-state index contributed by atoms with van der Waals surface area (Å²) in [5.74, 6) is 0.440. The van der Waals surface area contributed by atoms with Crippen LogP contribution in [0.15, 0.2) is 35.1 Å². The lowest BCUT2D eigenvalue weighted by atomic mass is 10.1. The molecule has 0 spiro atoms. The molecule has 2 heterocycles. The van der Waals surface area contributed by atoms with Crippen LogP contribution in [0.3, 0.4) is 0 Å². The van der Waals surface area contributed by atoms with Crippen molar-refractivity contribution in [3.8, 4) is 0 Å². The molecule has 0 saturated carbocycles. The molecule has 1 amide bonds. The summed E-state index contributed by atoms with van der Waals surface area (Å²) >= 11 is 6.00. The average molecular weight is 348 g/mol. The van der Waals surface area contributed by atoms with Gasteiger partial charge < -0.3 is 9.73 Å². The number of nitrogens with one attached hydrogen (secondary N) is 1. The Labute approximate surface area is 147 Å². The first-order chi connectivity index (χ1) is 11.7. The maximum absolute atomic E-state index is 12.4. The minimum absolute atomic E-state index is 0.144. The van der Waals surface area contributed by atoms with Crippen molar-refractivity contribution in [3.05, 3.63) is 52.7 Å². The van der Waals surface area contributed by atoms with Crippen LogP contribution in [0.1, 0.15) is 47.6 Å². The second-order valence-electron chi connectivity index (χ2n) is 6.00. The summed E-state index contributed by atoms with van der Waals surface area (Å²) in [6.45, 7) is 4.58. The smallest absolute Gasteiger partial charge is 0.273 e. The Kier molecular flexibility index (Phi) is 5.53. The lowest BCUT2D eigenvalue weighted by Gasteiger charge is -2.28. The van der Waals surface area contributed by atoms with Crippen LogP contribution in [-0.2, 0) is 6.42 Å². The Hall–Kier alpha value is -1.85. The number of carbonyl (C=O) groups is 1. The number of likely N-dealkylation sites (tertiary alicyclic amines) is 1. The van der Waals surface area contributed by atoms with Gasteiger partial charge in [0.2, 0.25) is 0 Å². The van der Waals surface area contributed by atoms with E-state index in [1.54, 1.807) is 0 Å². The fraction of sp³-hybridized carbons (Fsp3) is 0.444. The van der Waals surface area contributed by atoms with Gasteiger partial charge in [-0.25, -0.2) is 4.98 Å². The molecular weight excluding hydrogens is 326 g/mol. The summed E-state index contributed by atoms with van der Waals surface area (Å²) in [7, 11) is 0. The summed E-state index contributed by atoms with van der Waals surface area (Å²) in [4.78, 5) is 18.9. The zero-order valence-electron chi connectivity index (χ0n) is 13.8. The third kappa shape index (κ3) is 3.79. The molecule has 1 saturated heterocycles. The van der Waals surface area contributed by atoms with Crippen molar-refractivity contribution in [2.45, 2.75) is 32.2 Å².